The van der Waals surface area contributed by atoms with E-state index in [-0.39, 0.29) is 12.1 Å². The summed E-state index contributed by atoms with van der Waals surface area (Å²) in [5.41, 5.74) is 0. The molecule has 3 N–H and O–H groups in total. The van der Waals surface area contributed by atoms with Gasteiger partial charge < -0.3 is 20.3 Å². The van der Waals surface area contributed by atoms with Gasteiger partial charge in [-0.15, -0.1) is 10.2 Å². The number of amides is 2. The summed E-state index contributed by atoms with van der Waals surface area (Å²) in [7, 11) is 0. The SMILES string of the molecule is O=C(NCCc1nnc2n1CCCCC2)NC1CCCCC1O. The van der Waals surface area contributed by atoms with Gasteiger partial charge in [0, 0.05) is 25.9 Å². The number of aliphatic hydroxyl groups is 1. The van der Waals surface area contributed by atoms with Gasteiger partial charge in [-0.25, -0.2) is 4.79 Å². The second-order valence-electron chi connectivity index (χ2n) is 6.60. The van der Waals surface area contributed by atoms with E-state index in [1.54, 1.807) is 0 Å². The largest absolute Gasteiger partial charge is 0.391 e. The van der Waals surface area contributed by atoms with Crippen LogP contribution in [0.3, 0.4) is 0 Å². The molecular weight excluding hydrogens is 294 g/mol. The first kappa shape index (κ1) is 16.2. The van der Waals surface area contributed by atoms with E-state index in [4.69, 9.17) is 0 Å². The van der Waals surface area contributed by atoms with Crippen LogP contribution in [0.4, 0.5) is 4.79 Å². The Morgan fingerprint density at radius 1 is 1.17 bits per heavy atom. The van der Waals surface area contributed by atoms with E-state index in [0.29, 0.717) is 13.0 Å². The van der Waals surface area contributed by atoms with E-state index in [0.717, 1.165) is 50.3 Å². The summed E-state index contributed by atoms with van der Waals surface area (Å²) in [5, 5.41) is 24.2. The molecule has 23 heavy (non-hydrogen) atoms. The molecule has 2 atom stereocenters. The van der Waals surface area contributed by atoms with Crippen LogP contribution < -0.4 is 10.6 Å². The molecule has 128 valence electrons. The molecule has 7 nitrogen and oxygen atoms in total. The number of aromatic nitrogens is 3. The number of urea groups is 1. The van der Waals surface area contributed by atoms with Crippen molar-refractivity contribution in [2.75, 3.05) is 6.54 Å². The summed E-state index contributed by atoms with van der Waals surface area (Å²) in [4.78, 5) is 12.0. The number of rotatable bonds is 4. The fourth-order valence-corrected chi connectivity index (χ4v) is 3.52. The van der Waals surface area contributed by atoms with E-state index in [1.807, 2.05) is 0 Å². The van der Waals surface area contributed by atoms with Crippen LogP contribution in [-0.2, 0) is 19.4 Å². The summed E-state index contributed by atoms with van der Waals surface area (Å²) in [6.45, 7) is 1.52. The molecule has 1 saturated carbocycles. The lowest BCUT2D eigenvalue weighted by Crippen LogP contribution is -2.49. The summed E-state index contributed by atoms with van der Waals surface area (Å²) >= 11 is 0. The zero-order valence-corrected chi connectivity index (χ0v) is 13.6. The number of nitrogens with zero attached hydrogens (tertiary/aromatic N) is 3. The fourth-order valence-electron chi connectivity index (χ4n) is 3.52. The standard InChI is InChI=1S/C16H27N5O2/c22-13-7-4-3-6-12(13)18-16(23)17-10-9-15-20-19-14-8-2-1-5-11-21(14)15/h12-13,22H,1-11H2,(H2,17,18,23). The monoisotopic (exact) mass is 321 g/mol. The first-order valence-corrected chi connectivity index (χ1v) is 8.87. The summed E-state index contributed by atoms with van der Waals surface area (Å²) in [6.07, 6.45) is 8.60. The lowest BCUT2D eigenvalue weighted by molar-refractivity contribution is 0.0943. The Labute approximate surface area is 136 Å². The van der Waals surface area contributed by atoms with Crippen molar-refractivity contribution in [3.05, 3.63) is 11.6 Å². The number of hydrogen-bond donors (Lipinski definition) is 3. The maximum atomic E-state index is 12.0. The molecule has 1 aliphatic carbocycles. The third kappa shape index (κ3) is 4.22. The fraction of sp³-hybridized carbons (Fsp3) is 0.812. The molecule has 1 aliphatic heterocycles. The van der Waals surface area contributed by atoms with Crippen molar-refractivity contribution < 1.29 is 9.90 Å². The van der Waals surface area contributed by atoms with Gasteiger partial charge in [-0.2, -0.15) is 0 Å². The Hall–Kier alpha value is -1.63. The quantitative estimate of drug-likeness (QED) is 0.776. The highest BCUT2D eigenvalue weighted by molar-refractivity contribution is 5.74. The van der Waals surface area contributed by atoms with Gasteiger partial charge >= 0.3 is 6.03 Å². The number of hydrogen-bond acceptors (Lipinski definition) is 4. The summed E-state index contributed by atoms with van der Waals surface area (Å²) in [5.74, 6) is 2.03. The summed E-state index contributed by atoms with van der Waals surface area (Å²) in [6, 6.07) is -0.320. The van der Waals surface area contributed by atoms with Crippen LogP contribution in [0.2, 0.25) is 0 Å². The van der Waals surface area contributed by atoms with Crippen molar-refractivity contribution in [3.8, 4) is 0 Å². The average Bonchev–Trinajstić information content (AvgIpc) is 2.78. The van der Waals surface area contributed by atoms with E-state index >= 15 is 0 Å². The van der Waals surface area contributed by atoms with E-state index in [1.165, 1.54) is 19.3 Å². The molecule has 2 heterocycles. The Morgan fingerprint density at radius 2 is 2.04 bits per heavy atom. The number of aryl methyl sites for hydroxylation is 1. The van der Waals surface area contributed by atoms with Gasteiger partial charge in [-0.1, -0.05) is 19.3 Å². The van der Waals surface area contributed by atoms with Crippen molar-refractivity contribution >= 4 is 6.03 Å². The minimum absolute atomic E-state index is 0.117. The van der Waals surface area contributed by atoms with Gasteiger partial charge in [0.05, 0.1) is 12.1 Å². The molecule has 0 saturated heterocycles. The van der Waals surface area contributed by atoms with E-state index in [2.05, 4.69) is 25.4 Å². The van der Waals surface area contributed by atoms with Crippen LogP contribution in [0, 0.1) is 0 Å². The third-order valence-electron chi connectivity index (χ3n) is 4.87. The van der Waals surface area contributed by atoms with Gasteiger partial charge in [0.1, 0.15) is 11.6 Å². The first-order valence-electron chi connectivity index (χ1n) is 8.87. The highest BCUT2D eigenvalue weighted by atomic mass is 16.3. The van der Waals surface area contributed by atoms with Crippen molar-refractivity contribution in [1.29, 1.82) is 0 Å². The van der Waals surface area contributed by atoms with Crippen LogP contribution in [0.5, 0.6) is 0 Å². The molecular formula is C16H27N5O2. The predicted octanol–water partition coefficient (Wildman–Crippen LogP) is 1.15. The van der Waals surface area contributed by atoms with Crippen LogP contribution in [0.15, 0.2) is 0 Å². The second kappa shape index (κ2) is 7.77. The number of fused-ring (bicyclic) bond motifs is 1. The number of carbonyl (C=O) groups excluding carboxylic acids is 1. The maximum Gasteiger partial charge on any atom is 0.315 e. The Morgan fingerprint density at radius 3 is 2.91 bits per heavy atom. The number of carbonyl (C=O) groups is 1. The van der Waals surface area contributed by atoms with Crippen LogP contribution in [0.1, 0.15) is 56.6 Å². The van der Waals surface area contributed by atoms with Crippen molar-refractivity contribution in [1.82, 2.24) is 25.4 Å². The first-order chi connectivity index (χ1) is 11.2. The smallest absolute Gasteiger partial charge is 0.315 e. The normalized spacial score (nSPS) is 24.6. The number of nitrogens with one attached hydrogen (secondary N) is 2. The molecule has 2 aliphatic rings. The molecule has 1 fully saturated rings. The van der Waals surface area contributed by atoms with Crippen molar-refractivity contribution in [2.24, 2.45) is 0 Å². The highest BCUT2D eigenvalue weighted by Crippen LogP contribution is 2.18. The Balaban J connectivity index is 1.44. The molecule has 1 aromatic rings. The zero-order valence-electron chi connectivity index (χ0n) is 13.6. The van der Waals surface area contributed by atoms with E-state index in [9.17, 15) is 9.90 Å². The van der Waals surface area contributed by atoms with Crippen LogP contribution in [-0.4, -0.2) is 44.6 Å². The molecule has 0 bridgehead atoms. The van der Waals surface area contributed by atoms with Gasteiger partial charge in [-0.3, -0.25) is 0 Å². The van der Waals surface area contributed by atoms with Crippen LogP contribution >= 0.6 is 0 Å². The van der Waals surface area contributed by atoms with Gasteiger partial charge in [-0.05, 0) is 25.7 Å². The molecule has 0 spiro atoms. The molecule has 2 amide bonds. The summed E-state index contributed by atoms with van der Waals surface area (Å²) < 4.78 is 2.21. The average molecular weight is 321 g/mol. The van der Waals surface area contributed by atoms with Crippen molar-refractivity contribution in [3.63, 3.8) is 0 Å². The lowest BCUT2D eigenvalue weighted by atomic mass is 9.93. The lowest BCUT2D eigenvalue weighted by Gasteiger charge is -2.28. The van der Waals surface area contributed by atoms with Crippen molar-refractivity contribution in [2.45, 2.75) is 76.5 Å². The Bertz CT molecular complexity index is 531. The zero-order chi connectivity index (χ0) is 16.1. The number of aliphatic hydroxyl groups excluding tert-OH is 1. The van der Waals surface area contributed by atoms with Crippen LogP contribution in [0.25, 0.3) is 0 Å². The topological polar surface area (TPSA) is 92.1 Å². The van der Waals surface area contributed by atoms with Gasteiger partial charge in [0.15, 0.2) is 0 Å². The molecule has 2 unspecified atom stereocenters. The minimum atomic E-state index is -0.415. The molecule has 1 aromatic heterocycles. The second-order valence-corrected chi connectivity index (χ2v) is 6.60. The Kier molecular flexibility index (Phi) is 5.48. The highest BCUT2D eigenvalue weighted by Gasteiger charge is 2.24. The molecule has 0 aromatic carbocycles. The van der Waals surface area contributed by atoms with Gasteiger partial charge in [0.2, 0.25) is 0 Å². The third-order valence-corrected chi connectivity index (χ3v) is 4.87. The van der Waals surface area contributed by atoms with Gasteiger partial charge in [0.25, 0.3) is 0 Å². The predicted molar refractivity (Wildman–Crippen MR) is 86.1 cm³/mol. The molecule has 3 rings (SSSR count). The molecule has 0 radical (unpaired) electrons. The molecule has 7 heteroatoms. The minimum Gasteiger partial charge on any atom is -0.391 e. The maximum absolute atomic E-state index is 12.0. The van der Waals surface area contributed by atoms with E-state index < -0.39 is 6.10 Å².